The average molecular weight is 297 g/mol. The highest BCUT2D eigenvalue weighted by Gasteiger charge is 2.20. The van der Waals surface area contributed by atoms with Crippen molar-refractivity contribution in [1.82, 2.24) is 0 Å². The average Bonchev–Trinajstić information content (AvgIpc) is 2.37. The maximum absolute atomic E-state index is 11.4. The summed E-state index contributed by atoms with van der Waals surface area (Å²) in [6.07, 6.45) is -1.82. The Morgan fingerprint density at radius 2 is 1.95 bits per heavy atom. The minimum absolute atomic E-state index is 0.0296. The molecule has 0 amide bonds. The number of hydrogen-bond donors (Lipinski definition) is 3. The predicted molar refractivity (Wildman–Crippen MR) is 79.6 cm³/mol. The highest BCUT2D eigenvalue weighted by atomic mass is 32.2. The van der Waals surface area contributed by atoms with Crippen LogP contribution in [0.2, 0.25) is 0 Å². The summed E-state index contributed by atoms with van der Waals surface area (Å²) in [6, 6.07) is 4.60. The zero-order chi connectivity index (χ0) is 15.3. The minimum Gasteiger partial charge on any atom is -0.398 e. The van der Waals surface area contributed by atoms with E-state index in [4.69, 9.17) is 5.73 Å². The lowest BCUT2D eigenvalue weighted by Gasteiger charge is -2.18. The van der Waals surface area contributed by atoms with Crippen LogP contribution in [0.25, 0.3) is 0 Å². The minimum atomic E-state index is -1.11. The molecular weight excluding hydrogens is 278 g/mol. The molecule has 2 atom stereocenters. The lowest BCUT2D eigenvalue weighted by atomic mass is 9.98. The Morgan fingerprint density at radius 3 is 2.50 bits per heavy atom. The second kappa shape index (κ2) is 7.42. The Hall–Kier alpha value is -1.37. The van der Waals surface area contributed by atoms with Gasteiger partial charge in [0, 0.05) is 23.9 Å². The van der Waals surface area contributed by atoms with Gasteiger partial charge in [-0.1, -0.05) is 17.8 Å². The van der Waals surface area contributed by atoms with E-state index >= 15 is 0 Å². The summed E-state index contributed by atoms with van der Waals surface area (Å²) >= 11 is 1.10. The van der Waals surface area contributed by atoms with Gasteiger partial charge < -0.3 is 15.9 Å². The SMILES string of the molecule is CC(=O)SCCC(O)C(O)c1ccc(N)c(C(C)=O)c1. The van der Waals surface area contributed by atoms with Gasteiger partial charge in [0.05, 0.1) is 6.10 Å². The summed E-state index contributed by atoms with van der Waals surface area (Å²) in [5, 5.41) is 19.9. The van der Waals surface area contributed by atoms with Crippen molar-refractivity contribution < 1.29 is 19.8 Å². The first-order chi connectivity index (χ1) is 9.32. The number of nitrogen functional groups attached to an aromatic ring is 1. The van der Waals surface area contributed by atoms with Crippen molar-refractivity contribution in [2.24, 2.45) is 0 Å². The van der Waals surface area contributed by atoms with Crippen LogP contribution in [0, 0.1) is 0 Å². The monoisotopic (exact) mass is 297 g/mol. The van der Waals surface area contributed by atoms with Gasteiger partial charge in [0.2, 0.25) is 0 Å². The number of carbonyl (C=O) groups is 2. The van der Waals surface area contributed by atoms with E-state index in [2.05, 4.69) is 0 Å². The first kappa shape index (κ1) is 16.7. The van der Waals surface area contributed by atoms with E-state index in [9.17, 15) is 19.8 Å². The smallest absolute Gasteiger partial charge is 0.185 e. The molecule has 0 heterocycles. The van der Waals surface area contributed by atoms with Gasteiger partial charge in [0.1, 0.15) is 6.10 Å². The van der Waals surface area contributed by atoms with Gasteiger partial charge in [0.15, 0.2) is 10.9 Å². The second-order valence-electron chi connectivity index (χ2n) is 4.54. The number of carbonyl (C=O) groups excluding carboxylic acids is 2. The van der Waals surface area contributed by atoms with E-state index in [-0.39, 0.29) is 17.3 Å². The number of anilines is 1. The Bertz CT molecular complexity index is 504. The van der Waals surface area contributed by atoms with Crippen molar-refractivity contribution in [3.05, 3.63) is 29.3 Å². The largest absolute Gasteiger partial charge is 0.398 e. The van der Waals surface area contributed by atoms with Crippen molar-refractivity contribution in [3.63, 3.8) is 0 Å². The van der Waals surface area contributed by atoms with Crippen molar-refractivity contribution in [3.8, 4) is 0 Å². The number of nitrogens with two attached hydrogens (primary N) is 1. The molecule has 1 aromatic carbocycles. The fourth-order valence-corrected chi connectivity index (χ4v) is 2.41. The first-order valence-corrected chi connectivity index (χ1v) is 7.21. The molecule has 4 N–H and O–H groups in total. The number of Topliss-reactive ketones (excluding diaryl/α,β-unsaturated/α-hetero) is 1. The van der Waals surface area contributed by atoms with Crippen LogP contribution in [0.1, 0.15) is 42.3 Å². The van der Waals surface area contributed by atoms with Gasteiger partial charge >= 0.3 is 0 Å². The second-order valence-corrected chi connectivity index (χ2v) is 5.82. The van der Waals surface area contributed by atoms with Gasteiger partial charge in [-0.25, -0.2) is 0 Å². The molecule has 20 heavy (non-hydrogen) atoms. The molecule has 1 aromatic rings. The Morgan fingerprint density at radius 1 is 1.30 bits per heavy atom. The first-order valence-electron chi connectivity index (χ1n) is 6.22. The maximum Gasteiger partial charge on any atom is 0.185 e. The Balaban J connectivity index is 2.76. The van der Waals surface area contributed by atoms with Crippen LogP contribution in [0.3, 0.4) is 0 Å². The van der Waals surface area contributed by atoms with Gasteiger partial charge in [-0.2, -0.15) is 0 Å². The van der Waals surface area contributed by atoms with Crippen molar-refractivity contribution in [2.45, 2.75) is 32.5 Å². The molecule has 0 fully saturated rings. The van der Waals surface area contributed by atoms with Crippen LogP contribution >= 0.6 is 11.8 Å². The van der Waals surface area contributed by atoms with Crippen LogP contribution in [-0.2, 0) is 4.79 Å². The standard InChI is InChI=1S/C14H19NO4S/c1-8(16)11-7-10(3-4-12(11)15)14(19)13(18)5-6-20-9(2)17/h3-4,7,13-14,18-19H,5-6,15H2,1-2H3. The fraction of sp³-hybridized carbons (Fsp3) is 0.429. The topological polar surface area (TPSA) is 101 Å². The highest BCUT2D eigenvalue weighted by molar-refractivity contribution is 8.13. The molecule has 6 heteroatoms. The van der Waals surface area contributed by atoms with Gasteiger partial charge in [0.25, 0.3) is 0 Å². The number of thioether (sulfide) groups is 1. The molecule has 0 saturated carbocycles. The van der Waals surface area contributed by atoms with Crippen LogP contribution in [0.15, 0.2) is 18.2 Å². The van der Waals surface area contributed by atoms with E-state index in [0.29, 0.717) is 22.6 Å². The summed E-state index contributed by atoms with van der Waals surface area (Å²) in [6.45, 7) is 2.84. The van der Waals surface area contributed by atoms with Gasteiger partial charge in [-0.15, -0.1) is 0 Å². The van der Waals surface area contributed by atoms with Crippen molar-refractivity contribution >= 4 is 28.3 Å². The number of aliphatic hydroxyl groups excluding tert-OH is 2. The van der Waals surface area contributed by atoms with Crippen LogP contribution in [-0.4, -0.2) is 33.0 Å². The lowest BCUT2D eigenvalue weighted by Crippen LogP contribution is -2.19. The molecule has 1 rings (SSSR count). The van der Waals surface area contributed by atoms with Gasteiger partial charge in [-0.3, -0.25) is 9.59 Å². The van der Waals surface area contributed by atoms with E-state index < -0.39 is 12.2 Å². The highest BCUT2D eigenvalue weighted by Crippen LogP contribution is 2.24. The van der Waals surface area contributed by atoms with Crippen LogP contribution in [0.4, 0.5) is 5.69 Å². The lowest BCUT2D eigenvalue weighted by molar-refractivity contribution is -0.109. The molecule has 0 radical (unpaired) electrons. The molecule has 0 aromatic heterocycles. The molecular formula is C14H19NO4S. The normalized spacial score (nSPS) is 13.8. The van der Waals surface area contributed by atoms with Crippen LogP contribution in [0.5, 0.6) is 0 Å². The zero-order valence-corrected chi connectivity index (χ0v) is 12.3. The van der Waals surface area contributed by atoms with Gasteiger partial charge in [-0.05, 0) is 31.0 Å². The fourth-order valence-electron chi connectivity index (χ4n) is 1.77. The van der Waals surface area contributed by atoms with Crippen LogP contribution < -0.4 is 5.73 Å². The third-order valence-electron chi connectivity index (χ3n) is 2.88. The molecule has 0 saturated heterocycles. The maximum atomic E-state index is 11.4. The molecule has 0 aliphatic carbocycles. The Labute approximate surface area is 122 Å². The number of ketones is 1. The molecule has 0 aliphatic heterocycles. The summed E-state index contributed by atoms with van der Waals surface area (Å²) in [7, 11) is 0. The quantitative estimate of drug-likeness (QED) is 0.544. The molecule has 0 bridgehead atoms. The van der Waals surface area contributed by atoms with Crippen molar-refractivity contribution in [2.75, 3.05) is 11.5 Å². The van der Waals surface area contributed by atoms with E-state index in [1.807, 2.05) is 0 Å². The number of hydrogen-bond acceptors (Lipinski definition) is 6. The van der Waals surface area contributed by atoms with E-state index in [0.717, 1.165) is 11.8 Å². The summed E-state index contributed by atoms with van der Waals surface area (Å²) in [5.41, 5.74) is 6.78. The molecule has 0 aliphatic rings. The Kier molecular flexibility index (Phi) is 6.19. The number of rotatable bonds is 6. The summed E-state index contributed by atoms with van der Waals surface area (Å²) in [5.74, 6) is 0.237. The third-order valence-corrected chi connectivity index (χ3v) is 3.73. The third kappa shape index (κ3) is 4.63. The molecule has 110 valence electrons. The zero-order valence-electron chi connectivity index (χ0n) is 11.5. The summed E-state index contributed by atoms with van der Waals surface area (Å²) in [4.78, 5) is 22.2. The van der Waals surface area contributed by atoms with Crippen molar-refractivity contribution in [1.29, 1.82) is 0 Å². The number of benzene rings is 1. The summed E-state index contributed by atoms with van der Waals surface area (Å²) < 4.78 is 0. The van der Waals surface area contributed by atoms with E-state index in [1.54, 1.807) is 6.07 Å². The molecule has 5 nitrogen and oxygen atoms in total. The number of aliphatic hydroxyl groups is 2. The predicted octanol–water partition coefficient (Wildman–Crippen LogP) is 1.54. The molecule has 0 spiro atoms. The molecule has 2 unspecified atom stereocenters. The van der Waals surface area contributed by atoms with E-state index in [1.165, 1.54) is 26.0 Å².